The summed E-state index contributed by atoms with van der Waals surface area (Å²) in [5.41, 5.74) is 0.431. The lowest BCUT2D eigenvalue weighted by Crippen LogP contribution is -2.15. The summed E-state index contributed by atoms with van der Waals surface area (Å²) in [6.07, 6.45) is -1.00. The number of aromatic amines is 1. The molecule has 1 unspecified atom stereocenters. The van der Waals surface area contributed by atoms with Crippen molar-refractivity contribution in [1.29, 1.82) is 5.26 Å². The number of aliphatic hydroxyl groups excluding tert-OH is 1. The molecule has 0 fully saturated rings. The van der Waals surface area contributed by atoms with Gasteiger partial charge in [0.25, 0.3) is 0 Å². The summed E-state index contributed by atoms with van der Waals surface area (Å²) in [6, 6.07) is 12.4. The lowest BCUT2D eigenvalue weighted by Gasteiger charge is -2.09. The largest absolute Gasteiger partial charge is 0.493 e. The van der Waals surface area contributed by atoms with Gasteiger partial charge in [-0.05, 0) is 19.1 Å². The molecule has 110 valence electrons. The minimum absolute atomic E-state index is 0.0541. The van der Waals surface area contributed by atoms with Crippen molar-refractivity contribution in [3.8, 4) is 17.6 Å². The number of nitrogens with one attached hydrogen (secondary N) is 1. The van der Waals surface area contributed by atoms with Crippen LogP contribution in [0.3, 0.4) is 0 Å². The van der Waals surface area contributed by atoms with Gasteiger partial charge in [-0.25, -0.2) is 9.36 Å². The first kappa shape index (κ1) is 13.9. The predicted octanol–water partition coefficient (Wildman–Crippen LogP) is 1.95. The van der Waals surface area contributed by atoms with Crippen molar-refractivity contribution in [2.45, 2.75) is 13.0 Å². The van der Waals surface area contributed by atoms with Gasteiger partial charge in [-0.1, -0.05) is 24.3 Å². The fourth-order valence-electron chi connectivity index (χ4n) is 2.53. The molecular formula is C16H13N3O3. The van der Waals surface area contributed by atoms with Gasteiger partial charge in [0.2, 0.25) is 5.88 Å². The molecule has 0 saturated heterocycles. The van der Waals surface area contributed by atoms with Gasteiger partial charge in [0.15, 0.2) is 0 Å². The Hall–Kier alpha value is -3.04. The first-order valence-corrected chi connectivity index (χ1v) is 6.68. The van der Waals surface area contributed by atoms with Gasteiger partial charge in [-0.3, -0.25) is 0 Å². The average Bonchev–Trinajstić information content (AvgIpc) is 2.81. The second-order valence-corrected chi connectivity index (χ2v) is 4.97. The number of aromatic hydroxyl groups is 1. The van der Waals surface area contributed by atoms with E-state index in [1.54, 1.807) is 36.4 Å². The molecule has 0 bridgehead atoms. The average molecular weight is 295 g/mol. The highest BCUT2D eigenvalue weighted by atomic mass is 16.3. The molecule has 0 amide bonds. The topological polar surface area (TPSA) is 102 Å². The summed E-state index contributed by atoms with van der Waals surface area (Å²) >= 11 is 0. The van der Waals surface area contributed by atoms with Gasteiger partial charge in [0, 0.05) is 10.8 Å². The molecule has 3 N–H and O–H groups in total. The first-order valence-electron chi connectivity index (χ1n) is 6.68. The van der Waals surface area contributed by atoms with E-state index in [4.69, 9.17) is 0 Å². The third-order valence-corrected chi connectivity index (χ3v) is 3.58. The Labute approximate surface area is 125 Å². The zero-order valence-electron chi connectivity index (χ0n) is 11.7. The van der Waals surface area contributed by atoms with E-state index in [9.17, 15) is 20.3 Å². The SMILES string of the molecule is CC(O)c1[nH]c(=O)n(-c2ccc(C#N)c3ccccc23)c1O. The summed E-state index contributed by atoms with van der Waals surface area (Å²) in [4.78, 5) is 14.6. The number of aliphatic hydroxyl groups is 1. The van der Waals surface area contributed by atoms with Crippen LogP contribution in [-0.2, 0) is 0 Å². The summed E-state index contributed by atoms with van der Waals surface area (Å²) in [5.74, 6) is -0.338. The second kappa shape index (κ2) is 5.06. The molecule has 1 heterocycles. The number of benzene rings is 2. The minimum atomic E-state index is -1.00. The highest BCUT2D eigenvalue weighted by Crippen LogP contribution is 2.29. The number of nitrogens with zero attached hydrogens (tertiary/aromatic N) is 2. The van der Waals surface area contributed by atoms with E-state index in [2.05, 4.69) is 11.1 Å². The maximum Gasteiger partial charge on any atom is 0.333 e. The van der Waals surface area contributed by atoms with Crippen LogP contribution in [0.5, 0.6) is 5.88 Å². The molecule has 22 heavy (non-hydrogen) atoms. The van der Waals surface area contributed by atoms with Crippen LogP contribution in [0.1, 0.15) is 24.3 Å². The molecule has 3 rings (SSSR count). The quantitative estimate of drug-likeness (QED) is 0.672. The van der Waals surface area contributed by atoms with Crippen molar-refractivity contribution in [3.63, 3.8) is 0 Å². The maximum atomic E-state index is 12.1. The van der Waals surface area contributed by atoms with Crippen LogP contribution in [0, 0.1) is 11.3 Å². The molecule has 6 heteroatoms. The molecule has 0 aliphatic carbocycles. The number of rotatable bonds is 2. The number of aromatic nitrogens is 2. The van der Waals surface area contributed by atoms with Gasteiger partial charge < -0.3 is 15.2 Å². The first-order chi connectivity index (χ1) is 10.5. The lowest BCUT2D eigenvalue weighted by molar-refractivity contribution is 0.190. The number of hydrogen-bond donors (Lipinski definition) is 3. The molecule has 0 aliphatic rings. The standard InChI is InChI=1S/C16H13N3O3/c1-9(20)14-15(21)19(16(22)18-14)13-7-6-10(8-17)11-4-2-3-5-12(11)13/h2-7,9,20-21H,1H3,(H,18,22). The molecule has 0 saturated carbocycles. The predicted molar refractivity (Wildman–Crippen MR) is 80.9 cm³/mol. The highest BCUT2D eigenvalue weighted by molar-refractivity contribution is 5.94. The second-order valence-electron chi connectivity index (χ2n) is 4.97. The summed E-state index contributed by atoms with van der Waals surface area (Å²) in [5, 5.41) is 30.4. The number of imidazole rings is 1. The fraction of sp³-hybridized carbons (Fsp3) is 0.125. The molecule has 6 nitrogen and oxygen atoms in total. The van der Waals surface area contributed by atoms with E-state index >= 15 is 0 Å². The van der Waals surface area contributed by atoms with Crippen molar-refractivity contribution in [3.05, 3.63) is 58.1 Å². The van der Waals surface area contributed by atoms with Crippen molar-refractivity contribution in [2.24, 2.45) is 0 Å². The molecule has 2 aromatic carbocycles. The van der Waals surface area contributed by atoms with Crippen LogP contribution < -0.4 is 5.69 Å². The molecule has 1 atom stereocenters. The van der Waals surface area contributed by atoms with Gasteiger partial charge in [-0.15, -0.1) is 0 Å². The van der Waals surface area contributed by atoms with Crippen molar-refractivity contribution >= 4 is 10.8 Å². The van der Waals surface area contributed by atoms with Crippen LogP contribution in [0.15, 0.2) is 41.2 Å². The molecule has 0 aliphatic heterocycles. The zero-order valence-corrected chi connectivity index (χ0v) is 11.7. The van der Waals surface area contributed by atoms with E-state index in [0.29, 0.717) is 22.0 Å². The Morgan fingerprint density at radius 2 is 1.91 bits per heavy atom. The van der Waals surface area contributed by atoms with Crippen LogP contribution in [-0.4, -0.2) is 19.8 Å². The van der Waals surface area contributed by atoms with Crippen LogP contribution in [0.2, 0.25) is 0 Å². The number of nitriles is 1. The van der Waals surface area contributed by atoms with Gasteiger partial charge in [-0.2, -0.15) is 5.26 Å². The Bertz CT molecular complexity index is 961. The zero-order chi connectivity index (χ0) is 15.9. The van der Waals surface area contributed by atoms with Crippen molar-refractivity contribution in [2.75, 3.05) is 0 Å². The third-order valence-electron chi connectivity index (χ3n) is 3.58. The van der Waals surface area contributed by atoms with Gasteiger partial charge in [0.1, 0.15) is 5.69 Å². The molecule has 0 radical (unpaired) electrons. The Morgan fingerprint density at radius 3 is 2.50 bits per heavy atom. The normalized spacial score (nSPS) is 12.2. The molecular weight excluding hydrogens is 282 g/mol. The minimum Gasteiger partial charge on any atom is -0.493 e. The maximum absolute atomic E-state index is 12.1. The third kappa shape index (κ3) is 1.96. The summed E-state index contributed by atoms with van der Waals surface area (Å²) in [6.45, 7) is 1.45. The van der Waals surface area contributed by atoms with Crippen LogP contribution in [0.25, 0.3) is 16.5 Å². The number of fused-ring (bicyclic) bond motifs is 1. The molecule has 0 spiro atoms. The van der Waals surface area contributed by atoms with Gasteiger partial charge in [0.05, 0.1) is 23.4 Å². The van der Waals surface area contributed by atoms with E-state index in [1.807, 2.05) is 0 Å². The van der Waals surface area contributed by atoms with Crippen LogP contribution >= 0.6 is 0 Å². The van der Waals surface area contributed by atoms with Crippen molar-refractivity contribution in [1.82, 2.24) is 9.55 Å². The van der Waals surface area contributed by atoms with E-state index in [-0.39, 0.29) is 11.6 Å². The van der Waals surface area contributed by atoms with Crippen molar-refractivity contribution < 1.29 is 10.2 Å². The monoisotopic (exact) mass is 295 g/mol. The Morgan fingerprint density at radius 1 is 1.23 bits per heavy atom. The van der Waals surface area contributed by atoms with E-state index < -0.39 is 11.8 Å². The van der Waals surface area contributed by atoms with E-state index in [1.165, 1.54) is 6.92 Å². The fourth-order valence-corrected chi connectivity index (χ4v) is 2.53. The molecule has 3 aromatic rings. The van der Waals surface area contributed by atoms with Gasteiger partial charge >= 0.3 is 5.69 Å². The number of H-pyrrole nitrogens is 1. The summed E-state index contributed by atoms with van der Waals surface area (Å²) < 4.78 is 1.09. The smallest absolute Gasteiger partial charge is 0.333 e. The Kier molecular flexibility index (Phi) is 3.20. The highest BCUT2D eigenvalue weighted by Gasteiger charge is 2.19. The Balaban J connectivity index is 2.38. The van der Waals surface area contributed by atoms with E-state index in [0.717, 1.165) is 4.57 Å². The summed E-state index contributed by atoms with van der Waals surface area (Å²) in [7, 11) is 0. The lowest BCUT2D eigenvalue weighted by atomic mass is 10.0. The van der Waals surface area contributed by atoms with Crippen LogP contribution in [0.4, 0.5) is 0 Å². The number of hydrogen-bond acceptors (Lipinski definition) is 4. The molecule has 1 aromatic heterocycles.